The molecule has 15 atom stereocenters. The van der Waals surface area contributed by atoms with Gasteiger partial charge in [0.1, 0.15) is 54.3 Å². The zero-order valence-electron chi connectivity index (χ0n) is 32.3. The monoisotopic (exact) mass is 856 g/mol. The molecule has 3 aliphatic rings. The summed E-state index contributed by atoms with van der Waals surface area (Å²) in [4.78, 5) is 96.0. The number of phenols is 1. The maximum Gasteiger partial charge on any atom is 0.278 e. The number of rotatable bonds is 7. The highest BCUT2D eigenvalue weighted by atomic mass is 16.4. The number of nitrogens with one attached hydrogen (secondary N) is 4. The second kappa shape index (κ2) is 19.1. The molecule has 3 aliphatic heterocycles. The molecular weight excluding hydrogens is 804 g/mol. The predicted molar refractivity (Wildman–Crippen MR) is 197 cm³/mol. The lowest BCUT2D eigenvalue weighted by atomic mass is 9.96. The van der Waals surface area contributed by atoms with E-state index >= 15 is 0 Å². The number of fused-ring (bicyclic) bond motifs is 2. The molecule has 0 unspecified atom stereocenters. The molecule has 0 radical (unpaired) electrons. The highest BCUT2D eigenvalue weighted by Crippen LogP contribution is 2.33. The average Bonchev–Trinajstić information content (AvgIpc) is 3.69. The molecule has 3 heterocycles. The zero-order valence-corrected chi connectivity index (χ0v) is 32.3. The first-order chi connectivity index (χ1) is 27.9. The van der Waals surface area contributed by atoms with Crippen molar-refractivity contribution in [2.45, 2.75) is 118 Å². The van der Waals surface area contributed by atoms with E-state index in [1.165, 1.54) is 6.92 Å². The quantitative estimate of drug-likeness (QED) is 0.121. The Morgan fingerprint density at radius 1 is 0.833 bits per heavy atom. The van der Waals surface area contributed by atoms with Crippen LogP contribution in [0.1, 0.15) is 44.8 Å². The Bertz CT molecular complexity index is 1790. The third-order valence-corrected chi connectivity index (χ3v) is 10.7. The normalized spacial score (nSPS) is 34.8. The van der Waals surface area contributed by atoms with Crippen LogP contribution in [-0.4, -0.2) is 194 Å². The summed E-state index contributed by atoms with van der Waals surface area (Å²) in [5, 5.41) is 117. The number of primary amides is 1. The Labute approximate surface area is 340 Å². The average molecular weight is 857 g/mol. The first-order valence-corrected chi connectivity index (χ1v) is 18.7. The summed E-state index contributed by atoms with van der Waals surface area (Å²) in [5.41, 5.74) is 7.66. The van der Waals surface area contributed by atoms with E-state index in [9.17, 15) is 84.6 Å². The van der Waals surface area contributed by atoms with Gasteiger partial charge < -0.3 is 93.6 Å². The number of hydrogen-bond acceptors (Lipinski definition) is 18. The van der Waals surface area contributed by atoms with Gasteiger partial charge in [-0.05, 0) is 24.6 Å². The minimum absolute atomic E-state index is 0.142. The third-order valence-electron chi connectivity index (χ3n) is 10.7. The Hall–Kier alpha value is -5.09. The molecule has 1 aromatic carbocycles. The number of carbonyl (C=O) groups excluding carboxylic acids is 7. The van der Waals surface area contributed by atoms with Crippen LogP contribution in [0.25, 0.3) is 0 Å². The van der Waals surface area contributed by atoms with E-state index < -0.39 is 165 Å². The van der Waals surface area contributed by atoms with Crippen LogP contribution in [0, 0.1) is 5.92 Å². The molecule has 3 fully saturated rings. The summed E-state index contributed by atoms with van der Waals surface area (Å²) in [6.07, 6.45) is -19.1. The molecule has 18 N–H and O–H groups in total. The number of aromatic hydroxyl groups is 1. The number of aliphatic hydroxyl groups excluding tert-OH is 8. The fourth-order valence-electron chi connectivity index (χ4n) is 7.23. The molecule has 0 bridgehead atoms. The third kappa shape index (κ3) is 10.1. The van der Waals surface area contributed by atoms with Gasteiger partial charge in [0.15, 0.2) is 6.23 Å². The number of benzene rings is 1. The summed E-state index contributed by atoms with van der Waals surface area (Å²) in [7, 11) is 0. The van der Waals surface area contributed by atoms with Crippen molar-refractivity contribution in [2.75, 3.05) is 13.1 Å². The van der Waals surface area contributed by atoms with E-state index in [4.69, 9.17) is 11.5 Å². The molecule has 25 nitrogen and oxygen atoms in total. The van der Waals surface area contributed by atoms with Crippen LogP contribution >= 0.6 is 0 Å². The van der Waals surface area contributed by atoms with Crippen molar-refractivity contribution in [1.29, 1.82) is 0 Å². The maximum absolute atomic E-state index is 14.3. The zero-order chi connectivity index (χ0) is 45.1. The molecule has 25 heteroatoms. The topological polar surface area (TPSA) is 428 Å². The minimum Gasteiger partial charge on any atom is -0.508 e. The number of amides is 7. The van der Waals surface area contributed by atoms with Crippen LogP contribution < -0.4 is 32.7 Å². The highest BCUT2D eigenvalue weighted by molar-refractivity contribution is 5.98. The van der Waals surface area contributed by atoms with Gasteiger partial charge in [-0.1, -0.05) is 19.1 Å². The van der Waals surface area contributed by atoms with Crippen LogP contribution in [0.4, 0.5) is 0 Å². The van der Waals surface area contributed by atoms with Gasteiger partial charge in [-0.3, -0.25) is 33.6 Å². The predicted octanol–water partition coefficient (Wildman–Crippen LogP) is -9.13. The Balaban J connectivity index is 1.87. The number of nitrogens with two attached hydrogens (primary N) is 2. The van der Waals surface area contributed by atoms with Crippen LogP contribution in [-0.2, 0) is 33.6 Å². The van der Waals surface area contributed by atoms with E-state index in [2.05, 4.69) is 10.6 Å². The van der Waals surface area contributed by atoms with Crippen molar-refractivity contribution in [3.8, 4) is 5.75 Å². The summed E-state index contributed by atoms with van der Waals surface area (Å²) in [6, 6.07) is -5.73. The highest BCUT2D eigenvalue weighted by Gasteiger charge is 2.60. The standard InChI is InChI=1S/C35H52N8O17/c1-12-10-43-33(58)23(19(47)9-21(37)49)39-31(56)24(26(51)25(50)14-3-5-15(45)6-4-14)40-29(54)18-7-16(46)11-42(18)32(57)22(13(2)44)38-28(53)17(36)8-20(48)30(55)41-34(59)35(43,60)27(12)52/h3-6,12-13,16-20,22-27,30,44-48,50-52,55,60H,7-11,36H2,1-2H3,(H2,37,49)(H,38,53)(H,39,56)(H,40,54)(H,41,59)/t12-,13+,16+,17-,18-,19+,20+,22-,23-,24-,25-,26-,27-,30+,35+/m0/s1. The van der Waals surface area contributed by atoms with Crippen molar-refractivity contribution in [3.05, 3.63) is 29.8 Å². The molecule has 0 aliphatic carbocycles. The first kappa shape index (κ1) is 47.6. The van der Waals surface area contributed by atoms with Crippen molar-refractivity contribution < 1.29 is 84.6 Å². The van der Waals surface area contributed by atoms with Gasteiger partial charge in [-0.15, -0.1) is 0 Å². The smallest absolute Gasteiger partial charge is 0.278 e. The van der Waals surface area contributed by atoms with Gasteiger partial charge in [0.25, 0.3) is 11.8 Å². The molecule has 0 aromatic heterocycles. The lowest BCUT2D eigenvalue weighted by Crippen LogP contribution is -2.68. The fraction of sp³-hybridized carbons (Fsp3) is 0.629. The number of nitrogens with zero attached hydrogens (tertiary/aromatic N) is 2. The number of carbonyl (C=O) groups is 7. The number of phenolic OH excluding ortho intramolecular Hbond substituents is 1. The molecule has 0 spiro atoms. The second-order valence-electron chi connectivity index (χ2n) is 15.3. The molecule has 7 amide bonds. The first-order valence-electron chi connectivity index (χ1n) is 18.7. The van der Waals surface area contributed by atoms with Gasteiger partial charge in [0.05, 0.1) is 30.8 Å². The minimum atomic E-state index is -3.36. The number of aliphatic hydroxyl groups is 9. The largest absolute Gasteiger partial charge is 0.508 e. The number of hydrogen-bond donors (Lipinski definition) is 16. The van der Waals surface area contributed by atoms with Gasteiger partial charge in [0, 0.05) is 31.8 Å². The van der Waals surface area contributed by atoms with Crippen LogP contribution in [0.15, 0.2) is 24.3 Å². The fourth-order valence-corrected chi connectivity index (χ4v) is 7.23. The lowest BCUT2D eigenvalue weighted by molar-refractivity contribution is -0.189. The SMILES string of the molecule is C[C@@H](O)[C@@H]1NC(=O)[C@@H](N)C[C@@H](O)[C@@H](O)NC(=O)[C@]2(O)[C@@H](O)[C@@H](C)CN2C(=O)[C@H]([C@H](O)CC(N)=O)NC(=O)[C@H]([C@H](O)[C@@H](O)c2ccc(O)cc2)NC(=O)[C@@H]2C[C@@H](O)CN2C1=O. The molecule has 4 rings (SSSR count). The Morgan fingerprint density at radius 2 is 1.42 bits per heavy atom. The van der Waals surface area contributed by atoms with Crippen LogP contribution in [0.2, 0.25) is 0 Å². The van der Waals surface area contributed by atoms with Gasteiger partial charge in [-0.2, -0.15) is 0 Å². The molecular formula is C35H52N8O17. The van der Waals surface area contributed by atoms with Crippen LogP contribution in [0.3, 0.4) is 0 Å². The Kier molecular flexibility index (Phi) is 15.1. The van der Waals surface area contributed by atoms with Crippen molar-refractivity contribution in [3.63, 3.8) is 0 Å². The maximum atomic E-state index is 14.3. The van der Waals surface area contributed by atoms with E-state index in [1.807, 2.05) is 5.32 Å². The molecule has 334 valence electrons. The van der Waals surface area contributed by atoms with Crippen LogP contribution in [0.5, 0.6) is 5.75 Å². The summed E-state index contributed by atoms with van der Waals surface area (Å²) >= 11 is 0. The molecule has 3 saturated heterocycles. The van der Waals surface area contributed by atoms with Gasteiger partial charge >= 0.3 is 0 Å². The van der Waals surface area contributed by atoms with E-state index in [1.54, 1.807) is 5.32 Å². The second-order valence-corrected chi connectivity index (χ2v) is 15.3. The van der Waals surface area contributed by atoms with E-state index in [0.717, 1.165) is 36.1 Å². The van der Waals surface area contributed by atoms with E-state index in [-0.39, 0.29) is 16.2 Å². The lowest BCUT2D eigenvalue weighted by Gasteiger charge is -2.38. The van der Waals surface area contributed by atoms with Crippen molar-refractivity contribution in [2.24, 2.45) is 17.4 Å². The van der Waals surface area contributed by atoms with Crippen molar-refractivity contribution in [1.82, 2.24) is 31.1 Å². The summed E-state index contributed by atoms with van der Waals surface area (Å²) in [5.74, 6) is -11.3. The molecule has 60 heavy (non-hydrogen) atoms. The summed E-state index contributed by atoms with van der Waals surface area (Å²) < 4.78 is 0. The summed E-state index contributed by atoms with van der Waals surface area (Å²) in [6.45, 7) is 1.05. The van der Waals surface area contributed by atoms with Gasteiger partial charge in [0.2, 0.25) is 35.3 Å². The Morgan fingerprint density at radius 3 is 2.00 bits per heavy atom. The van der Waals surface area contributed by atoms with Gasteiger partial charge in [-0.25, -0.2) is 0 Å². The molecule has 0 saturated carbocycles. The molecule has 1 aromatic rings. The van der Waals surface area contributed by atoms with E-state index in [0.29, 0.717) is 0 Å². The van der Waals surface area contributed by atoms with Crippen molar-refractivity contribution >= 4 is 41.4 Å².